The van der Waals surface area contributed by atoms with Crippen LogP contribution in [0.3, 0.4) is 0 Å². The van der Waals surface area contributed by atoms with Crippen molar-refractivity contribution < 1.29 is 0 Å². The van der Waals surface area contributed by atoms with E-state index in [1.165, 1.54) is 28.1 Å². The molecule has 0 spiro atoms. The van der Waals surface area contributed by atoms with Crippen molar-refractivity contribution in [1.82, 2.24) is 0 Å². The first-order valence-electron chi connectivity index (χ1n) is 7.68. The standard InChI is InChI=1S/C21H21N/c1-17-13-14-21(15-18(17)2)22(20-11-7-4-8-12-20)16-19-9-5-3-6-10-19/h3-15H,16H2,1-2H3. The fourth-order valence-electron chi connectivity index (χ4n) is 2.60. The van der Waals surface area contributed by atoms with Crippen molar-refractivity contribution in [3.63, 3.8) is 0 Å². The Balaban J connectivity index is 2.01. The molecule has 0 aromatic heterocycles. The van der Waals surface area contributed by atoms with Gasteiger partial charge in [-0.2, -0.15) is 0 Å². The van der Waals surface area contributed by atoms with Gasteiger partial charge in [-0.3, -0.25) is 0 Å². The number of benzene rings is 3. The molecule has 0 heterocycles. The van der Waals surface area contributed by atoms with Gasteiger partial charge in [-0.05, 0) is 54.8 Å². The van der Waals surface area contributed by atoms with E-state index >= 15 is 0 Å². The summed E-state index contributed by atoms with van der Waals surface area (Å²) in [6, 6.07) is 27.9. The van der Waals surface area contributed by atoms with Crippen LogP contribution in [0, 0.1) is 13.8 Å². The normalized spacial score (nSPS) is 10.5. The van der Waals surface area contributed by atoms with Crippen LogP contribution in [0.25, 0.3) is 0 Å². The first-order valence-corrected chi connectivity index (χ1v) is 7.68. The van der Waals surface area contributed by atoms with Gasteiger partial charge in [0.2, 0.25) is 0 Å². The summed E-state index contributed by atoms with van der Waals surface area (Å²) < 4.78 is 0. The second kappa shape index (κ2) is 6.48. The molecule has 22 heavy (non-hydrogen) atoms. The zero-order valence-corrected chi connectivity index (χ0v) is 13.2. The lowest BCUT2D eigenvalue weighted by Crippen LogP contribution is -2.16. The van der Waals surface area contributed by atoms with Gasteiger partial charge in [0.1, 0.15) is 0 Å². The SMILES string of the molecule is Cc1ccc(N(Cc2ccccc2)c2ccccc2)cc1C. The summed E-state index contributed by atoms with van der Waals surface area (Å²) in [7, 11) is 0. The Bertz CT molecular complexity index is 732. The van der Waals surface area contributed by atoms with Crippen LogP contribution >= 0.6 is 0 Å². The Morgan fingerprint density at radius 2 is 1.27 bits per heavy atom. The number of hydrogen-bond acceptors (Lipinski definition) is 1. The van der Waals surface area contributed by atoms with Crippen molar-refractivity contribution in [2.24, 2.45) is 0 Å². The highest BCUT2D eigenvalue weighted by atomic mass is 15.1. The van der Waals surface area contributed by atoms with Crippen LogP contribution < -0.4 is 4.90 Å². The molecule has 1 heteroatoms. The number of para-hydroxylation sites is 1. The van der Waals surface area contributed by atoms with Gasteiger partial charge in [0.15, 0.2) is 0 Å². The van der Waals surface area contributed by atoms with Gasteiger partial charge in [-0.1, -0.05) is 54.6 Å². The maximum Gasteiger partial charge on any atom is 0.0481 e. The second-order valence-electron chi connectivity index (χ2n) is 5.68. The van der Waals surface area contributed by atoms with Gasteiger partial charge in [0.25, 0.3) is 0 Å². The number of rotatable bonds is 4. The summed E-state index contributed by atoms with van der Waals surface area (Å²) in [6.07, 6.45) is 0. The maximum atomic E-state index is 2.36. The minimum atomic E-state index is 0.868. The number of aryl methyl sites for hydroxylation is 2. The van der Waals surface area contributed by atoms with Gasteiger partial charge < -0.3 is 4.90 Å². The molecule has 0 saturated heterocycles. The predicted octanol–water partition coefficient (Wildman–Crippen LogP) is 5.64. The largest absolute Gasteiger partial charge is 0.337 e. The van der Waals surface area contributed by atoms with Crippen LogP contribution in [0.2, 0.25) is 0 Å². The van der Waals surface area contributed by atoms with Crippen LogP contribution in [0.4, 0.5) is 11.4 Å². The van der Waals surface area contributed by atoms with Crippen molar-refractivity contribution >= 4 is 11.4 Å². The van der Waals surface area contributed by atoms with Crippen LogP contribution in [0.5, 0.6) is 0 Å². The molecule has 0 saturated carbocycles. The van der Waals surface area contributed by atoms with Crippen LogP contribution in [-0.2, 0) is 6.54 Å². The Morgan fingerprint density at radius 3 is 1.91 bits per heavy atom. The van der Waals surface area contributed by atoms with Gasteiger partial charge >= 0.3 is 0 Å². The van der Waals surface area contributed by atoms with Gasteiger partial charge in [-0.15, -0.1) is 0 Å². The Labute approximate surface area is 132 Å². The van der Waals surface area contributed by atoms with Crippen molar-refractivity contribution in [3.05, 3.63) is 95.6 Å². The van der Waals surface area contributed by atoms with Crippen molar-refractivity contribution in [2.45, 2.75) is 20.4 Å². The Hall–Kier alpha value is -2.54. The summed E-state index contributed by atoms with van der Waals surface area (Å²) in [5, 5.41) is 0. The van der Waals surface area contributed by atoms with Crippen molar-refractivity contribution in [1.29, 1.82) is 0 Å². The van der Waals surface area contributed by atoms with E-state index < -0.39 is 0 Å². The van der Waals surface area contributed by atoms with Crippen molar-refractivity contribution in [3.8, 4) is 0 Å². The molecule has 110 valence electrons. The third-order valence-electron chi connectivity index (χ3n) is 4.05. The quantitative estimate of drug-likeness (QED) is 0.600. The van der Waals surface area contributed by atoms with E-state index in [0.717, 1.165) is 6.54 Å². The molecule has 3 aromatic carbocycles. The highest BCUT2D eigenvalue weighted by Crippen LogP contribution is 2.28. The zero-order chi connectivity index (χ0) is 15.4. The molecule has 0 aliphatic heterocycles. The second-order valence-corrected chi connectivity index (χ2v) is 5.68. The molecule has 0 fully saturated rings. The first-order chi connectivity index (χ1) is 10.7. The summed E-state index contributed by atoms with van der Waals surface area (Å²) >= 11 is 0. The molecule has 0 atom stereocenters. The topological polar surface area (TPSA) is 3.24 Å². The highest BCUT2D eigenvalue weighted by Gasteiger charge is 2.10. The van der Waals surface area contributed by atoms with E-state index in [4.69, 9.17) is 0 Å². The van der Waals surface area contributed by atoms with E-state index in [-0.39, 0.29) is 0 Å². The summed E-state index contributed by atoms with van der Waals surface area (Å²) in [4.78, 5) is 2.36. The smallest absolute Gasteiger partial charge is 0.0481 e. The van der Waals surface area contributed by atoms with Gasteiger partial charge in [-0.25, -0.2) is 0 Å². The van der Waals surface area contributed by atoms with Crippen LogP contribution in [0.1, 0.15) is 16.7 Å². The molecule has 3 rings (SSSR count). The van der Waals surface area contributed by atoms with Crippen LogP contribution in [0.15, 0.2) is 78.9 Å². The minimum absolute atomic E-state index is 0.868. The summed E-state index contributed by atoms with van der Waals surface area (Å²) in [6.45, 7) is 5.20. The lowest BCUT2D eigenvalue weighted by Gasteiger charge is -2.26. The molecule has 0 aliphatic carbocycles. The van der Waals surface area contributed by atoms with Gasteiger partial charge in [0.05, 0.1) is 0 Å². The molecular formula is C21H21N. The monoisotopic (exact) mass is 287 g/mol. The molecule has 0 amide bonds. The molecule has 0 unspecified atom stereocenters. The molecular weight excluding hydrogens is 266 g/mol. The maximum absolute atomic E-state index is 2.36. The average Bonchev–Trinajstić information content (AvgIpc) is 2.57. The van der Waals surface area contributed by atoms with E-state index in [9.17, 15) is 0 Å². The molecule has 0 aliphatic rings. The minimum Gasteiger partial charge on any atom is -0.337 e. The fourth-order valence-corrected chi connectivity index (χ4v) is 2.60. The summed E-state index contributed by atoms with van der Waals surface area (Å²) in [5.41, 5.74) is 6.42. The molecule has 1 nitrogen and oxygen atoms in total. The van der Waals surface area contributed by atoms with E-state index in [0.29, 0.717) is 0 Å². The summed E-state index contributed by atoms with van der Waals surface area (Å²) in [5.74, 6) is 0. The Morgan fingerprint density at radius 1 is 0.636 bits per heavy atom. The fraction of sp³-hybridized carbons (Fsp3) is 0.143. The third kappa shape index (κ3) is 3.20. The number of hydrogen-bond donors (Lipinski definition) is 0. The average molecular weight is 287 g/mol. The molecule has 0 radical (unpaired) electrons. The molecule has 0 bridgehead atoms. The van der Waals surface area contributed by atoms with E-state index in [2.05, 4.69) is 97.6 Å². The van der Waals surface area contributed by atoms with E-state index in [1.807, 2.05) is 0 Å². The predicted molar refractivity (Wildman–Crippen MR) is 94.6 cm³/mol. The van der Waals surface area contributed by atoms with E-state index in [1.54, 1.807) is 0 Å². The first kappa shape index (κ1) is 14.4. The lowest BCUT2D eigenvalue weighted by molar-refractivity contribution is 0.973. The zero-order valence-electron chi connectivity index (χ0n) is 13.2. The molecule has 3 aromatic rings. The number of anilines is 2. The Kier molecular flexibility index (Phi) is 4.24. The van der Waals surface area contributed by atoms with Crippen molar-refractivity contribution in [2.75, 3.05) is 4.90 Å². The number of nitrogens with zero attached hydrogens (tertiary/aromatic N) is 1. The highest BCUT2D eigenvalue weighted by molar-refractivity contribution is 5.64. The van der Waals surface area contributed by atoms with Gasteiger partial charge in [0, 0.05) is 17.9 Å². The molecule has 0 N–H and O–H groups in total. The third-order valence-corrected chi connectivity index (χ3v) is 4.05. The van der Waals surface area contributed by atoms with Crippen LogP contribution in [-0.4, -0.2) is 0 Å². The lowest BCUT2D eigenvalue weighted by atomic mass is 10.1.